The molecule has 0 aliphatic carbocycles. The second-order valence-corrected chi connectivity index (χ2v) is 6.34. The van der Waals surface area contributed by atoms with Crippen LogP contribution in [0.1, 0.15) is 33.6 Å². The molecule has 1 saturated heterocycles. The van der Waals surface area contributed by atoms with Crippen LogP contribution in [-0.2, 0) is 0 Å². The molecule has 4 heteroatoms. The Morgan fingerprint density at radius 2 is 2.40 bits per heavy atom. The fourth-order valence-corrected chi connectivity index (χ4v) is 3.25. The normalized spacial score (nSPS) is 30.5. The van der Waals surface area contributed by atoms with Crippen molar-refractivity contribution in [3.8, 4) is 0 Å². The van der Waals surface area contributed by atoms with Gasteiger partial charge in [0.2, 0.25) is 0 Å². The van der Waals surface area contributed by atoms with Crippen molar-refractivity contribution in [1.29, 1.82) is 0 Å². The first kappa shape index (κ1) is 13.2. The lowest BCUT2D eigenvalue weighted by atomic mass is 10.0. The lowest BCUT2D eigenvalue weighted by molar-refractivity contribution is 0.465. The molecule has 0 aromatic heterocycles. The van der Waals surface area contributed by atoms with E-state index < -0.39 is 0 Å². The van der Waals surface area contributed by atoms with Gasteiger partial charge in [0.25, 0.3) is 0 Å². The van der Waals surface area contributed by atoms with Gasteiger partial charge in [-0.1, -0.05) is 18.7 Å². The van der Waals surface area contributed by atoms with Crippen molar-refractivity contribution in [2.45, 2.75) is 45.2 Å². The van der Waals surface area contributed by atoms with Crippen LogP contribution in [0.4, 0.5) is 0 Å². The van der Waals surface area contributed by atoms with E-state index in [9.17, 15) is 0 Å². The van der Waals surface area contributed by atoms with Crippen molar-refractivity contribution in [2.75, 3.05) is 17.8 Å². The van der Waals surface area contributed by atoms with Gasteiger partial charge in [0, 0.05) is 11.3 Å². The maximum absolute atomic E-state index is 4.71. The molecule has 0 aromatic carbocycles. The zero-order valence-electron chi connectivity index (χ0n) is 10.2. The van der Waals surface area contributed by atoms with E-state index in [-0.39, 0.29) is 5.54 Å². The molecule has 1 aliphatic rings. The lowest BCUT2D eigenvalue weighted by Crippen LogP contribution is -2.39. The van der Waals surface area contributed by atoms with Crippen LogP contribution in [0.25, 0.3) is 0 Å². The monoisotopic (exact) mass is 246 g/mol. The summed E-state index contributed by atoms with van der Waals surface area (Å²) < 4.78 is 0. The van der Waals surface area contributed by atoms with Crippen molar-refractivity contribution >= 4 is 28.7 Å². The molecule has 2 atom stereocenters. The minimum atomic E-state index is 0.267. The average Bonchev–Trinajstić information content (AvgIpc) is 2.58. The van der Waals surface area contributed by atoms with Gasteiger partial charge >= 0.3 is 0 Å². The molecule has 0 saturated carbocycles. The summed E-state index contributed by atoms with van der Waals surface area (Å²) in [6, 6.07) is 0.451. The van der Waals surface area contributed by atoms with Crippen molar-refractivity contribution in [1.82, 2.24) is 5.32 Å². The molecule has 1 fully saturated rings. The van der Waals surface area contributed by atoms with Crippen LogP contribution in [0.3, 0.4) is 0 Å². The molecule has 1 heterocycles. The Labute approximate surface area is 102 Å². The predicted octanol–water partition coefficient (Wildman–Crippen LogP) is 2.99. The number of hydrogen-bond acceptors (Lipinski definition) is 3. The topological polar surface area (TPSA) is 24.4 Å². The molecule has 0 amide bonds. The molecule has 0 spiro atoms. The molecule has 15 heavy (non-hydrogen) atoms. The van der Waals surface area contributed by atoms with Gasteiger partial charge in [0.1, 0.15) is 0 Å². The quantitative estimate of drug-likeness (QED) is 0.807. The number of hydrogen-bond donors (Lipinski definition) is 1. The van der Waals surface area contributed by atoms with Gasteiger partial charge in [-0.2, -0.15) is 11.8 Å². The minimum absolute atomic E-state index is 0.267. The molecular formula is C11H22N2S2. The fraction of sp³-hybridized carbons (Fsp3) is 0.909. The van der Waals surface area contributed by atoms with E-state index in [0.29, 0.717) is 6.04 Å². The Balaban J connectivity index is 2.41. The van der Waals surface area contributed by atoms with Gasteiger partial charge in [0.05, 0.1) is 6.04 Å². The largest absolute Gasteiger partial charge is 0.359 e. The standard InChI is InChI=1S/C11H22N2S2/c1-5-11(3)8-15-10(13-11)12-9(2)6-7-14-4/h9H,5-8H2,1-4H3,(H,12,13). The Morgan fingerprint density at radius 3 is 2.93 bits per heavy atom. The first-order chi connectivity index (χ1) is 7.09. The molecule has 0 aromatic rings. The van der Waals surface area contributed by atoms with Gasteiger partial charge < -0.3 is 5.32 Å². The average molecular weight is 246 g/mol. The summed E-state index contributed by atoms with van der Waals surface area (Å²) in [5, 5.41) is 4.68. The number of rotatable bonds is 5. The predicted molar refractivity (Wildman–Crippen MR) is 74.2 cm³/mol. The first-order valence-electron chi connectivity index (χ1n) is 5.57. The molecule has 88 valence electrons. The Hall–Kier alpha value is 0.170. The van der Waals surface area contributed by atoms with Crippen molar-refractivity contribution in [2.24, 2.45) is 4.99 Å². The Bertz CT molecular complexity index is 231. The summed E-state index contributed by atoms with van der Waals surface area (Å²) >= 11 is 3.76. The van der Waals surface area contributed by atoms with Crippen molar-refractivity contribution in [3.63, 3.8) is 0 Å². The summed E-state index contributed by atoms with van der Waals surface area (Å²) in [6.45, 7) is 6.70. The fourth-order valence-electron chi connectivity index (χ4n) is 1.37. The van der Waals surface area contributed by atoms with Crippen LogP contribution < -0.4 is 5.32 Å². The highest BCUT2D eigenvalue weighted by molar-refractivity contribution is 8.14. The lowest BCUT2D eigenvalue weighted by Gasteiger charge is -2.21. The number of thioether (sulfide) groups is 2. The second-order valence-electron chi connectivity index (χ2n) is 4.39. The van der Waals surface area contributed by atoms with E-state index in [2.05, 4.69) is 32.3 Å². The van der Waals surface area contributed by atoms with Crippen LogP contribution in [0.15, 0.2) is 4.99 Å². The number of nitrogens with one attached hydrogen (secondary N) is 1. The van der Waals surface area contributed by atoms with Crippen LogP contribution >= 0.6 is 23.5 Å². The van der Waals surface area contributed by atoms with Crippen LogP contribution in [0.2, 0.25) is 0 Å². The highest BCUT2D eigenvalue weighted by atomic mass is 32.2. The van der Waals surface area contributed by atoms with Crippen LogP contribution in [0, 0.1) is 0 Å². The highest BCUT2D eigenvalue weighted by Crippen LogP contribution is 2.26. The minimum Gasteiger partial charge on any atom is -0.359 e. The van der Waals surface area contributed by atoms with Gasteiger partial charge in [0.15, 0.2) is 5.17 Å². The third-order valence-electron chi connectivity index (χ3n) is 2.79. The molecule has 1 aliphatic heterocycles. The number of nitrogens with zero attached hydrogens (tertiary/aromatic N) is 1. The Kier molecular flexibility index (Phi) is 5.33. The summed E-state index contributed by atoms with van der Waals surface area (Å²) in [5.74, 6) is 2.35. The zero-order valence-corrected chi connectivity index (χ0v) is 11.8. The second kappa shape index (κ2) is 6.04. The van der Waals surface area contributed by atoms with Gasteiger partial charge in [-0.25, -0.2) is 0 Å². The molecule has 1 N–H and O–H groups in total. The molecule has 2 unspecified atom stereocenters. The highest BCUT2D eigenvalue weighted by Gasteiger charge is 2.30. The van der Waals surface area contributed by atoms with Crippen LogP contribution in [-0.4, -0.2) is 34.5 Å². The number of amidine groups is 1. The van der Waals surface area contributed by atoms with E-state index in [1.807, 2.05) is 23.5 Å². The van der Waals surface area contributed by atoms with Crippen LogP contribution in [0.5, 0.6) is 0 Å². The van der Waals surface area contributed by atoms with E-state index >= 15 is 0 Å². The van der Waals surface area contributed by atoms with Gasteiger partial charge in [-0.3, -0.25) is 4.99 Å². The summed E-state index contributed by atoms with van der Waals surface area (Å²) in [6.07, 6.45) is 4.49. The molecule has 0 radical (unpaired) electrons. The van der Waals surface area contributed by atoms with E-state index in [4.69, 9.17) is 4.99 Å². The maximum Gasteiger partial charge on any atom is 0.157 e. The third-order valence-corrected chi connectivity index (χ3v) is 4.70. The van der Waals surface area contributed by atoms with E-state index in [1.165, 1.54) is 12.2 Å². The first-order valence-corrected chi connectivity index (χ1v) is 7.95. The molecule has 1 rings (SSSR count). The van der Waals surface area contributed by atoms with Crippen molar-refractivity contribution in [3.05, 3.63) is 0 Å². The summed E-state index contributed by atoms with van der Waals surface area (Å²) in [7, 11) is 0. The van der Waals surface area contributed by atoms with Crippen molar-refractivity contribution < 1.29 is 0 Å². The molecular weight excluding hydrogens is 224 g/mol. The summed E-state index contributed by atoms with van der Waals surface area (Å²) in [5.41, 5.74) is 0.267. The zero-order chi connectivity index (χ0) is 11.3. The smallest absolute Gasteiger partial charge is 0.157 e. The SMILES string of the molecule is CCC1(C)CSC(=NC(C)CCSC)N1. The number of aliphatic imine (C=N–C) groups is 1. The van der Waals surface area contributed by atoms with E-state index in [0.717, 1.165) is 17.3 Å². The summed E-state index contributed by atoms with van der Waals surface area (Å²) in [4.78, 5) is 4.71. The Morgan fingerprint density at radius 1 is 1.67 bits per heavy atom. The van der Waals surface area contributed by atoms with Gasteiger partial charge in [-0.15, -0.1) is 0 Å². The van der Waals surface area contributed by atoms with Gasteiger partial charge in [-0.05, 0) is 38.7 Å². The van der Waals surface area contributed by atoms with E-state index in [1.54, 1.807) is 0 Å². The third kappa shape index (κ3) is 4.27. The molecule has 2 nitrogen and oxygen atoms in total. The molecule has 0 bridgehead atoms. The maximum atomic E-state index is 4.71.